The summed E-state index contributed by atoms with van der Waals surface area (Å²) in [5, 5.41) is 2.74. The SMILES string of the molecule is CCCCc1ccc(C(=O)NCCC(=O)OCC(C)C)cc1. The van der Waals surface area contributed by atoms with Crippen LogP contribution in [0.4, 0.5) is 0 Å². The number of hydrogen-bond acceptors (Lipinski definition) is 3. The first-order chi connectivity index (χ1) is 10.5. The second-order valence-electron chi connectivity index (χ2n) is 5.88. The number of nitrogens with one attached hydrogen (secondary N) is 1. The van der Waals surface area contributed by atoms with Gasteiger partial charge in [0.15, 0.2) is 0 Å². The quantitative estimate of drug-likeness (QED) is 0.712. The average molecular weight is 305 g/mol. The van der Waals surface area contributed by atoms with Crippen molar-refractivity contribution in [1.82, 2.24) is 5.32 Å². The maximum absolute atomic E-state index is 12.0. The number of hydrogen-bond donors (Lipinski definition) is 1. The Morgan fingerprint density at radius 2 is 1.86 bits per heavy atom. The fraction of sp³-hybridized carbons (Fsp3) is 0.556. The highest BCUT2D eigenvalue weighted by atomic mass is 16.5. The summed E-state index contributed by atoms with van der Waals surface area (Å²) in [6.45, 7) is 6.85. The molecule has 1 N–H and O–H groups in total. The van der Waals surface area contributed by atoms with E-state index in [4.69, 9.17) is 4.74 Å². The Morgan fingerprint density at radius 1 is 1.18 bits per heavy atom. The summed E-state index contributed by atoms with van der Waals surface area (Å²) < 4.78 is 5.05. The predicted octanol–water partition coefficient (Wildman–Crippen LogP) is 3.35. The van der Waals surface area contributed by atoms with Gasteiger partial charge in [-0.3, -0.25) is 9.59 Å². The molecule has 0 fully saturated rings. The molecule has 1 aromatic rings. The third-order valence-electron chi connectivity index (χ3n) is 3.23. The Bertz CT molecular complexity index is 466. The van der Waals surface area contributed by atoms with E-state index in [0.29, 0.717) is 24.6 Å². The molecule has 0 heterocycles. The van der Waals surface area contributed by atoms with Crippen LogP contribution in [0.3, 0.4) is 0 Å². The van der Waals surface area contributed by atoms with Gasteiger partial charge >= 0.3 is 5.97 Å². The van der Waals surface area contributed by atoms with Crippen molar-refractivity contribution in [3.63, 3.8) is 0 Å². The van der Waals surface area contributed by atoms with Gasteiger partial charge < -0.3 is 10.1 Å². The molecule has 22 heavy (non-hydrogen) atoms. The molecule has 1 aromatic carbocycles. The number of benzene rings is 1. The monoisotopic (exact) mass is 305 g/mol. The summed E-state index contributed by atoms with van der Waals surface area (Å²) in [6, 6.07) is 7.64. The fourth-order valence-corrected chi connectivity index (χ4v) is 1.92. The number of carbonyl (C=O) groups excluding carboxylic acids is 2. The van der Waals surface area contributed by atoms with E-state index in [9.17, 15) is 9.59 Å². The summed E-state index contributed by atoms with van der Waals surface area (Å²) in [6.07, 6.45) is 3.56. The molecule has 0 saturated carbocycles. The number of ether oxygens (including phenoxy) is 1. The normalized spacial score (nSPS) is 10.5. The lowest BCUT2D eigenvalue weighted by Crippen LogP contribution is -2.26. The van der Waals surface area contributed by atoms with Gasteiger partial charge in [0, 0.05) is 12.1 Å². The Morgan fingerprint density at radius 3 is 2.45 bits per heavy atom. The van der Waals surface area contributed by atoms with Gasteiger partial charge in [0.1, 0.15) is 0 Å². The van der Waals surface area contributed by atoms with E-state index in [2.05, 4.69) is 12.2 Å². The van der Waals surface area contributed by atoms with Crippen LogP contribution in [-0.2, 0) is 16.0 Å². The highest BCUT2D eigenvalue weighted by molar-refractivity contribution is 5.94. The minimum Gasteiger partial charge on any atom is -0.465 e. The molecule has 122 valence electrons. The van der Waals surface area contributed by atoms with Crippen molar-refractivity contribution in [1.29, 1.82) is 0 Å². The van der Waals surface area contributed by atoms with Gasteiger partial charge in [0.2, 0.25) is 0 Å². The van der Waals surface area contributed by atoms with Gasteiger partial charge in [-0.05, 0) is 36.5 Å². The molecule has 0 aliphatic carbocycles. The van der Waals surface area contributed by atoms with E-state index in [0.717, 1.165) is 19.3 Å². The Balaban J connectivity index is 2.31. The van der Waals surface area contributed by atoms with Crippen molar-refractivity contribution >= 4 is 11.9 Å². The molecule has 0 radical (unpaired) electrons. The van der Waals surface area contributed by atoms with Crippen molar-refractivity contribution in [2.24, 2.45) is 5.92 Å². The fourth-order valence-electron chi connectivity index (χ4n) is 1.92. The van der Waals surface area contributed by atoms with Crippen LogP contribution >= 0.6 is 0 Å². The van der Waals surface area contributed by atoms with Crippen molar-refractivity contribution in [2.45, 2.75) is 46.5 Å². The summed E-state index contributed by atoms with van der Waals surface area (Å²) in [5.41, 5.74) is 1.87. The second kappa shape index (κ2) is 9.98. The number of unbranched alkanes of at least 4 members (excludes halogenated alkanes) is 1. The number of esters is 1. The van der Waals surface area contributed by atoms with Gasteiger partial charge in [-0.15, -0.1) is 0 Å². The van der Waals surface area contributed by atoms with E-state index in [-0.39, 0.29) is 18.3 Å². The summed E-state index contributed by atoms with van der Waals surface area (Å²) in [4.78, 5) is 23.4. The lowest BCUT2D eigenvalue weighted by Gasteiger charge is -2.08. The molecular weight excluding hydrogens is 278 g/mol. The first-order valence-electron chi connectivity index (χ1n) is 8.05. The topological polar surface area (TPSA) is 55.4 Å². The van der Waals surface area contributed by atoms with Crippen LogP contribution in [0.2, 0.25) is 0 Å². The van der Waals surface area contributed by atoms with Crippen LogP contribution in [0.5, 0.6) is 0 Å². The molecule has 0 aliphatic heterocycles. The van der Waals surface area contributed by atoms with Crippen molar-refractivity contribution in [3.05, 3.63) is 35.4 Å². The van der Waals surface area contributed by atoms with Gasteiger partial charge in [0.25, 0.3) is 5.91 Å². The maximum atomic E-state index is 12.0. The van der Waals surface area contributed by atoms with E-state index in [1.54, 1.807) is 0 Å². The van der Waals surface area contributed by atoms with E-state index < -0.39 is 0 Å². The Labute approximate surface area is 133 Å². The van der Waals surface area contributed by atoms with Crippen molar-refractivity contribution in [2.75, 3.05) is 13.2 Å². The smallest absolute Gasteiger partial charge is 0.307 e. The highest BCUT2D eigenvalue weighted by Gasteiger charge is 2.08. The number of carbonyl (C=O) groups is 2. The van der Waals surface area contributed by atoms with Crippen LogP contribution in [0, 0.1) is 5.92 Å². The lowest BCUT2D eigenvalue weighted by molar-refractivity contribution is -0.144. The molecular formula is C18H27NO3. The van der Waals surface area contributed by atoms with Gasteiger partial charge in [0.05, 0.1) is 13.0 Å². The molecule has 4 heteroatoms. The number of aryl methyl sites for hydroxylation is 1. The van der Waals surface area contributed by atoms with Crippen LogP contribution in [0.25, 0.3) is 0 Å². The minimum atomic E-state index is -0.274. The zero-order chi connectivity index (χ0) is 16.4. The van der Waals surface area contributed by atoms with Gasteiger partial charge in [-0.1, -0.05) is 39.3 Å². The average Bonchev–Trinajstić information content (AvgIpc) is 2.51. The standard InChI is InChI=1S/C18H27NO3/c1-4-5-6-15-7-9-16(10-8-15)18(21)19-12-11-17(20)22-13-14(2)3/h7-10,14H,4-6,11-13H2,1-3H3,(H,19,21). The van der Waals surface area contributed by atoms with Crippen molar-refractivity contribution < 1.29 is 14.3 Å². The maximum Gasteiger partial charge on any atom is 0.307 e. The van der Waals surface area contributed by atoms with Crippen LogP contribution < -0.4 is 5.32 Å². The van der Waals surface area contributed by atoms with Crippen molar-refractivity contribution in [3.8, 4) is 0 Å². The zero-order valence-electron chi connectivity index (χ0n) is 13.9. The van der Waals surface area contributed by atoms with E-state index in [1.165, 1.54) is 5.56 Å². The molecule has 1 rings (SSSR count). The van der Waals surface area contributed by atoms with Gasteiger partial charge in [-0.2, -0.15) is 0 Å². The molecule has 0 aromatic heterocycles. The largest absolute Gasteiger partial charge is 0.465 e. The third-order valence-corrected chi connectivity index (χ3v) is 3.23. The molecule has 0 bridgehead atoms. The third kappa shape index (κ3) is 7.25. The molecule has 0 spiro atoms. The van der Waals surface area contributed by atoms with E-state index >= 15 is 0 Å². The molecule has 0 aliphatic rings. The zero-order valence-corrected chi connectivity index (χ0v) is 13.9. The predicted molar refractivity (Wildman–Crippen MR) is 87.8 cm³/mol. The van der Waals surface area contributed by atoms with Crippen LogP contribution in [-0.4, -0.2) is 25.0 Å². The van der Waals surface area contributed by atoms with Crippen LogP contribution in [0.15, 0.2) is 24.3 Å². The first kappa shape index (κ1) is 18.2. The first-order valence-corrected chi connectivity index (χ1v) is 8.05. The number of rotatable bonds is 9. The molecule has 0 saturated heterocycles. The second-order valence-corrected chi connectivity index (χ2v) is 5.88. The van der Waals surface area contributed by atoms with E-state index in [1.807, 2.05) is 38.1 Å². The molecule has 4 nitrogen and oxygen atoms in total. The summed E-state index contributed by atoms with van der Waals surface area (Å²) in [7, 11) is 0. The molecule has 0 atom stereocenters. The highest BCUT2D eigenvalue weighted by Crippen LogP contribution is 2.08. The Hall–Kier alpha value is -1.84. The lowest BCUT2D eigenvalue weighted by atomic mass is 10.1. The van der Waals surface area contributed by atoms with Crippen LogP contribution in [0.1, 0.15) is 56.0 Å². The molecule has 0 unspecified atom stereocenters. The minimum absolute atomic E-state index is 0.154. The molecule has 1 amide bonds. The Kier molecular flexibility index (Phi) is 8.26. The summed E-state index contributed by atoms with van der Waals surface area (Å²) >= 11 is 0. The summed E-state index contributed by atoms with van der Waals surface area (Å²) in [5.74, 6) is -0.104. The van der Waals surface area contributed by atoms with Gasteiger partial charge in [-0.25, -0.2) is 0 Å². The number of amides is 1.